The number of nitrogens with one attached hydrogen (secondary N) is 1. The summed E-state index contributed by atoms with van der Waals surface area (Å²) in [7, 11) is 0. The van der Waals surface area contributed by atoms with Crippen LogP contribution in [-0.4, -0.2) is 42.5 Å². The number of hydrogen-bond acceptors (Lipinski definition) is 4. The van der Waals surface area contributed by atoms with Crippen molar-refractivity contribution in [2.75, 3.05) is 19.7 Å². The van der Waals surface area contributed by atoms with E-state index in [0.717, 1.165) is 5.56 Å². The van der Waals surface area contributed by atoms with Gasteiger partial charge in [0.1, 0.15) is 0 Å². The molecule has 1 fully saturated rings. The maximum Gasteiger partial charge on any atom is 0.332 e. The van der Waals surface area contributed by atoms with Crippen molar-refractivity contribution in [1.82, 2.24) is 10.2 Å². The molecule has 1 N–H and O–H groups in total. The summed E-state index contributed by atoms with van der Waals surface area (Å²) in [6, 6.07) is 8.88. The average molecular weight is 262 g/mol. The van der Waals surface area contributed by atoms with Gasteiger partial charge in [-0.25, -0.2) is 4.79 Å². The minimum Gasteiger partial charge on any atom is -0.464 e. The quantitative estimate of drug-likeness (QED) is 0.636. The molecule has 0 saturated carbocycles. The fourth-order valence-corrected chi connectivity index (χ4v) is 2.09. The van der Waals surface area contributed by atoms with Gasteiger partial charge in [-0.2, -0.15) is 0 Å². The van der Waals surface area contributed by atoms with Gasteiger partial charge in [-0.3, -0.25) is 10.1 Å². The fourth-order valence-electron chi connectivity index (χ4n) is 2.09. The number of benzene rings is 1. The van der Waals surface area contributed by atoms with Crippen molar-refractivity contribution in [3.63, 3.8) is 0 Å². The van der Waals surface area contributed by atoms with Gasteiger partial charge in [0.25, 0.3) is 5.91 Å². The summed E-state index contributed by atoms with van der Waals surface area (Å²) in [4.78, 5) is 25.6. The number of hydrogen-bond donors (Lipinski definition) is 1. The number of esters is 1. The van der Waals surface area contributed by atoms with Gasteiger partial charge in [-0.1, -0.05) is 30.3 Å². The lowest BCUT2D eigenvalue weighted by Crippen LogP contribution is -2.58. The Kier molecular flexibility index (Phi) is 4.52. The Morgan fingerprint density at radius 1 is 1.42 bits per heavy atom. The van der Waals surface area contributed by atoms with Crippen LogP contribution in [-0.2, 0) is 20.9 Å². The van der Waals surface area contributed by atoms with E-state index in [1.165, 1.54) is 0 Å². The van der Waals surface area contributed by atoms with Crippen LogP contribution in [0.3, 0.4) is 0 Å². The molecule has 1 aromatic carbocycles. The van der Waals surface area contributed by atoms with Gasteiger partial charge in [0.15, 0.2) is 6.04 Å². The van der Waals surface area contributed by atoms with Crippen molar-refractivity contribution >= 4 is 11.9 Å². The third-order valence-corrected chi connectivity index (χ3v) is 3.03. The molecule has 0 radical (unpaired) electrons. The molecular formula is C14H18N2O3. The molecule has 0 unspecified atom stereocenters. The van der Waals surface area contributed by atoms with E-state index in [9.17, 15) is 9.59 Å². The zero-order valence-corrected chi connectivity index (χ0v) is 11.0. The summed E-state index contributed by atoms with van der Waals surface area (Å²) >= 11 is 0. The number of piperazine rings is 1. The lowest BCUT2D eigenvalue weighted by atomic mass is 10.1. The third kappa shape index (κ3) is 3.32. The molecule has 0 spiro atoms. The molecule has 5 heteroatoms. The summed E-state index contributed by atoms with van der Waals surface area (Å²) in [5.41, 5.74) is 1.06. The Morgan fingerprint density at radius 2 is 2.16 bits per heavy atom. The first-order valence-electron chi connectivity index (χ1n) is 6.45. The summed E-state index contributed by atoms with van der Waals surface area (Å²) in [6.07, 6.45) is 0. The van der Waals surface area contributed by atoms with Gasteiger partial charge in [0.05, 0.1) is 6.61 Å². The number of carbonyl (C=O) groups is 2. The second kappa shape index (κ2) is 6.33. The summed E-state index contributed by atoms with van der Waals surface area (Å²) in [6.45, 7) is 3.73. The van der Waals surface area contributed by atoms with Crippen LogP contribution in [0.5, 0.6) is 0 Å². The van der Waals surface area contributed by atoms with Crippen LogP contribution in [0.1, 0.15) is 12.5 Å². The SMILES string of the molecule is CCOC(=O)[C@@H]1NCCN(Cc2ccccc2)C1=O. The molecule has 1 aromatic rings. The van der Waals surface area contributed by atoms with Crippen LogP contribution < -0.4 is 5.32 Å². The fraction of sp³-hybridized carbons (Fsp3) is 0.429. The highest BCUT2D eigenvalue weighted by Crippen LogP contribution is 2.09. The first kappa shape index (κ1) is 13.5. The zero-order valence-electron chi connectivity index (χ0n) is 11.0. The van der Waals surface area contributed by atoms with E-state index in [2.05, 4.69) is 5.32 Å². The molecule has 1 saturated heterocycles. The standard InChI is InChI=1S/C14H18N2O3/c1-2-19-14(18)12-13(17)16(9-8-15-12)10-11-6-4-3-5-7-11/h3-7,12,15H,2,8-10H2,1H3/t12-/m1/s1. The number of rotatable bonds is 4. The molecule has 102 valence electrons. The van der Waals surface area contributed by atoms with Crippen LogP contribution in [0.25, 0.3) is 0 Å². The smallest absolute Gasteiger partial charge is 0.332 e. The second-order valence-corrected chi connectivity index (χ2v) is 4.38. The number of ether oxygens (including phenoxy) is 1. The Hall–Kier alpha value is -1.88. The molecule has 0 aliphatic carbocycles. The predicted octanol–water partition coefficient (Wildman–Crippen LogP) is 0.550. The van der Waals surface area contributed by atoms with Gasteiger partial charge in [0.2, 0.25) is 0 Å². The van der Waals surface area contributed by atoms with Gasteiger partial charge in [0, 0.05) is 19.6 Å². The van der Waals surface area contributed by atoms with E-state index in [-0.39, 0.29) is 12.5 Å². The van der Waals surface area contributed by atoms with Crippen LogP contribution >= 0.6 is 0 Å². The molecule has 1 aliphatic heterocycles. The number of nitrogens with zero attached hydrogens (tertiary/aromatic N) is 1. The molecule has 5 nitrogen and oxygen atoms in total. The minimum absolute atomic E-state index is 0.214. The summed E-state index contributed by atoms with van der Waals surface area (Å²) < 4.78 is 4.90. The molecule has 1 amide bonds. The van der Waals surface area contributed by atoms with E-state index in [0.29, 0.717) is 19.6 Å². The van der Waals surface area contributed by atoms with E-state index < -0.39 is 12.0 Å². The molecule has 0 bridgehead atoms. The molecule has 0 aromatic heterocycles. The third-order valence-electron chi connectivity index (χ3n) is 3.03. The van der Waals surface area contributed by atoms with E-state index >= 15 is 0 Å². The molecule has 1 heterocycles. The lowest BCUT2D eigenvalue weighted by Gasteiger charge is -2.32. The molecule has 1 aliphatic rings. The maximum absolute atomic E-state index is 12.2. The minimum atomic E-state index is -0.864. The molecular weight excluding hydrogens is 244 g/mol. The molecule has 19 heavy (non-hydrogen) atoms. The van der Waals surface area contributed by atoms with Gasteiger partial charge in [-0.15, -0.1) is 0 Å². The Morgan fingerprint density at radius 3 is 2.84 bits per heavy atom. The normalized spacial score (nSPS) is 19.3. The highest BCUT2D eigenvalue weighted by molar-refractivity contribution is 6.02. The van der Waals surface area contributed by atoms with Gasteiger partial charge < -0.3 is 9.64 Å². The van der Waals surface area contributed by atoms with Gasteiger partial charge in [-0.05, 0) is 12.5 Å². The van der Waals surface area contributed by atoms with Crippen LogP contribution in [0.4, 0.5) is 0 Å². The Labute approximate surface area is 112 Å². The monoisotopic (exact) mass is 262 g/mol. The van der Waals surface area contributed by atoms with Gasteiger partial charge >= 0.3 is 5.97 Å². The average Bonchev–Trinajstić information content (AvgIpc) is 2.42. The van der Waals surface area contributed by atoms with Crippen molar-refractivity contribution in [3.05, 3.63) is 35.9 Å². The highest BCUT2D eigenvalue weighted by atomic mass is 16.5. The van der Waals surface area contributed by atoms with Crippen molar-refractivity contribution in [1.29, 1.82) is 0 Å². The largest absolute Gasteiger partial charge is 0.464 e. The van der Waals surface area contributed by atoms with Crippen LogP contribution in [0.15, 0.2) is 30.3 Å². The second-order valence-electron chi connectivity index (χ2n) is 4.38. The maximum atomic E-state index is 12.2. The summed E-state index contributed by atoms with van der Waals surface area (Å²) in [5.74, 6) is -0.709. The number of amides is 1. The van der Waals surface area contributed by atoms with E-state index in [1.54, 1.807) is 11.8 Å². The molecule has 1 atom stereocenters. The number of carbonyl (C=O) groups excluding carboxylic acids is 2. The van der Waals surface area contributed by atoms with E-state index in [1.807, 2.05) is 30.3 Å². The van der Waals surface area contributed by atoms with Crippen molar-refractivity contribution in [2.24, 2.45) is 0 Å². The highest BCUT2D eigenvalue weighted by Gasteiger charge is 2.34. The zero-order chi connectivity index (χ0) is 13.7. The Bertz CT molecular complexity index is 447. The van der Waals surface area contributed by atoms with E-state index in [4.69, 9.17) is 4.74 Å². The Balaban J connectivity index is 2.02. The lowest BCUT2D eigenvalue weighted by molar-refractivity contribution is -0.154. The predicted molar refractivity (Wildman–Crippen MR) is 70.3 cm³/mol. The first-order chi connectivity index (χ1) is 9.22. The van der Waals surface area contributed by atoms with Crippen molar-refractivity contribution < 1.29 is 14.3 Å². The first-order valence-corrected chi connectivity index (χ1v) is 6.45. The van der Waals surface area contributed by atoms with Crippen LogP contribution in [0, 0.1) is 0 Å². The molecule has 2 rings (SSSR count). The topological polar surface area (TPSA) is 58.6 Å². The summed E-state index contributed by atoms with van der Waals surface area (Å²) in [5, 5.41) is 2.90. The van der Waals surface area contributed by atoms with Crippen molar-refractivity contribution in [3.8, 4) is 0 Å². The van der Waals surface area contributed by atoms with Crippen LogP contribution in [0.2, 0.25) is 0 Å². The van der Waals surface area contributed by atoms with Crippen molar-refractivity contribution in [2.45, 2.75) is 19.5 Å².